The first-order valence-corrected chi connectivity index (χ1v) is 5.87. The Morgan fingerprint density at radius 1 is 1.24 bits per heavy atom. The van der Waals surface area contributed by atoms with Gasteiger partial charge in [0.25, 0.3) is 0 Å². The van der Waals surface area contributed by atoms with E-state index >= 15 is 0 Å². The van der Waals surface area contributed by atoms with E-state index in [4.69, 9.17) is 9.47 Å². The zero-order valence-electron chi connectivity index (χ0n) is 10.2. The summed E-state index contributed by atoms with van der Waals surface area (Å²) in [6.45, 7) is 5.04. The van der Waals surface area contributed by atoms with Crippen molar-refractivity contribution >= 4 is 11.6 Å². The number of hydrogen-bond donors (Lipinski definition) is 1. The minimum Gasteiger partial charge on any atom is -0.490 e. The van der Waals surface area contributed by atoms with Gasteiger partial charge in [-0.05, 0) is 12.1 Å². The molecule has 4 heteroatoms. The van der Waals surface area contributed by atoms with E-state index in [1.807, 2.05) is 26.0 Å². The average Bonchev–Trinajstić information content (AvgIpc) is 2.53. The topological polar surface area (TPSA) is 47.6 Å². The van der Waals surface area contributed by atoms with Gasteiger partial charge in [-0.2, -0.15) is 0 Å². The monoisotopic (exact) mass is 235 g/mol. The maximum atomic E-state index is 11.6. The Labute approximate surface area is 101 Å². The molecule has 0 aromatic heterocycles. The van der Waals surface area contributed by atoms with E-state index in [9.17, 15) is 4.79 Å². The first-order chi connectivity index (χ1) is 8.16. The predicted octanol–water partition coefficient (Wildman–Crippen LogP) is 2.44. The second-order valence-electron chi connectivity index (χ2n) is 4.36. The van der Waals surface area contributed by atoms with Gasteiger partial charge in [0.1, 0.15) is 0 Å². The Balaban J connectivity index is 2.15. The number of ether oxygens (including phenoxy) is 2. The maximum Gasteiger partial charge on any atom is 0.226 e. The lowest BCUT2D eigenvalue weighted by molar-refractivity contribution is -0.118. The fourth-order valence-corrected chi connectivity index (χ4v) is 1.53. The van der Waals surface area contributed by atoms with Gasteiger partial charge in [0.05, 0.1) is 13.2 Å². The first-order valence-electron chi connectivity index (χ1n) is 5.87. The highest BCUT2D eigenvalue weighted by Crippen LogP contribution is 2.32. The summed E-state index contributed by atoms with van der Waals surface area (Å²) in [6, 6.07) is 5.46. The normalized spacial score (nSPS) is 14.3. The summed E-state index contributed by atoms with van der Waals surface area (Å²) in [5, 5.41) is 2.84. The molecule has 0 saturated heterocycles. The van der Waals surface area contributed by atoms with Crippen LogP contribution >= 0.6 is 0 Å². The van der Waals surface area contributed by atoms with Crippen LogP contribution in [0.1, 0.15) is 20.3 Å². The minimum absolute atomic E-state index is 0.000472. The third-order valence-corrected chi connectivity index (χ3v) is 2.54. The molecular formula is C13H17NO3. The molecule has 1 aliphatic rings. The summed E-state index contributed by atoms with van der Waals surface area (Å²) in [5.41, 5.74) is 0.743. The van der Waals surface area contributed by atoms with E-state index in [2.05, 4.69) is 5.32 Å². The molecule has 0 aliphatic carbocycles. The summed E-state index contributed by atoms with van der Waals surface area (Å²) in [4.78, 5) is 11.6. The molecule has 0 unspecified atom stereocenters. The zero-order chi connectivity index (χ0) is 12.3. The fourth-order valence-electron chi connectivity index (χ4n) is 1.53. The molecule has 17 heavy (non-hydrogen) atoms. The lowest BCUT2D eigenvalue weighted by Crippen LogP contribution is -2.17. The van der Waals surface area contributed by atoms with E-state index in [-0.39, 0.29) is 11.8 Å². The van der Waals surface area contributed by atoms with Crippen LogP contribution in [-0.4, -0.2) is 19.1 Å². The van der Waals surface area contributed by atoms with Gasteiger partial charge in [-0.1, -0.05) is 13.8 Å². The van der Waals surface area contributed by atoms with E-state index in [1.54, 1.807) is 6.07 Å². The molecule has 0 fully saturated rings. The lowest BCUT2D eigenvalue weighted by Gasteiger charge is -2.11. The van der Waals surface area contributed by atoms with Crippen molar-refractivity contribution in [2.45, 2.75) is 20.3 Å². The highest BCUT2D eigenvalue weighted by Gasteiger charge is 2.12. The number of nitrogens with one attached hydrogen (secondary N) is 1. The second kappa shape index (κ2) is 5.08. The van der Waals surface area contributed by atoms with Gasteiger partial charge in [-0.25, -0.2) is 0 Å². The Hall–Kier alpha value is -1.71. The first kappa shape index (κ1) is 11.8. The Kier molecular flexibility index (Phi) is 3.52. The highest BCUT2D eigenvalue weighted by atomic mass is 16.5. The molecule has 1 amide bonds. The Morgan fingerprint density at radius 2 is 1.94 bits per heavy atom. The summed E-state index contributed by atoms with van der Waals surface area (Å²) in [5.74, 6) is 1.40. The number of benzene rings is 1. The van der Waals surface area contributed by atoms with Crippen LogP contribution < -0.4 is 14.8 Å². The fraction of sp³-hybridized carbons (Fsp3) is 0.462. The Morgan fingerprint density at radius 3 is 2.65 bits per heavy atom. The quantitative estimate of drug-likeness (QED) is 0.856. The summed E-state index contributed by atoms with van der Waals surface area (Å²) < 4.78 is 11.1. The number of carbonyl (C=O) groups is 1. The predicted molar refractivity (Wildman–Crippen MR) is 65.5 cm³/mol. The van der Waals surface area contributed by atoms with Gasteiger partial charge < -0.3 is 14.8 Å². The second-order valence-corrected chi connectivity index (χ2v) is 4.36. The summed E-state index contributed by atoms with van der Waals surface area (Å²) in [7, 11) is 0. The van der Waals surface area contributed by atoms with Crippen LogP contribution in [-0.2, 0) is 4.79 Å². The molecule has 0 saturated carbocycles. The van der Waals surface area contributed by atoms with Crippen molar-refractivity contribution in [1.29, 1.82) is 0 Å². The van der Waals surface area contributed by atoms with Gasteiger partial charge in [-0.15, -0.1) is 0 Å². The molecule has 1 N–H and O–H groups in total. The van der Waals surface area contributed by atoms with Gasteiger partial charge >= 0.3 is 0 Å². The third-order valence-electron chi connectivity index (χ3n) is 2.54. The molecule has 1 aromatic rings. The van der Waals surface area contributed by atoms with Crippen molar-refractivity contribution in [3.8, 4) is 11.5 Å². The van der Waals surface area contributed by atoms with Crippen molar-refractivity contribution in [3.63, 3.8) is 0 Å². The van der Waals surface area contributed by atoms with Crippen LogP contribution in [0.25, 0.3) is 0 Å². The van der Waals surface area contributed by atoms with Crippen molar-refractivity contribution in [2.24, 2.45) is 5.92 Å². The lowest BCUT2D eigenvalue weighted by atomic mass is 10.2. The molecule has 2 rings (SSSR count). The van der Waals surface area contributed by atoms with E-state index in [0.29, 0.717) is 19.0 Å². The van der Waals surface area contributed by atoms with Crippen LogP contribution in [0.4, 0.5) is 5.69 Å². The van der Waals surface area contributed by atoms with E-state index in [0.717, 1.165) is 17.9 Å². The van der Waals surface area contributed by atoms with Gasteiger partial charge in [0, 0.05) is 24.1 Å². The highest BCUT2D eigenvalue weighted by molar-refractivity contribution is 5.92. The molecule has 1 heterocycles. The van der Waals surface area contributed by atoms with Gasteiger partial charge in [0.15, 0.2) is 11.5 Å². The van der Waals surface area contributed by atoms with Crippen LogP contribution in [0.3, 0.4) is 0 Å². The molecule has 1 aromatic carbocycles. The number of anilines is 1. The van der Waals surface area contributed by atoms with Gasteiger partial charge in [-0.3, -0.25) is 4.79 Å². The summed E-state index contributed by atoms with van der Waals surface area (Å²) >= 11 is 0. The number of rotatable bonds is 2. The molecule has 0 atom stereocenters. The largest absolute Gasteiger partial charge is 0.490 e. The Bertz CT molecular complexity index is 415. The standard InChI is InChI=1S/C13H17NO3/c1-9(2)13(15)14-10-4-5-11-12(8-10)17-7-3-6-16-11/h4-5,8-9H,3,6-7H2,1-2H3,(H,14,15). The zero-order valence-corrected chi connectivity index (χ0v) is 10.2. The number of hydrogen-bond acceptors (Lipinski definition) is 3. The molecule has 0 bridgehead atoms. The number of fused-ring (bicyclic) bond motifs is 1. The van der Waals surface area contributed by atoms with Crippen molar-refractivity contribution < 1.29 is 14.3 Å². The van der Waals surface area contributed by atoms with E-state index in [1.165, 1.54) is 0 Å². The molecule has 0 radical (unpaired) electrons. The third kappa shape index (κ3) is 2.90. The number of carbonyl (C=O) groups excluding carboxylic acids is 1. The SMILES string of the molecule is CC(C)C(=O)Nc1ccc2c(c1)OCCCO2. The van der Waals surface area contributed by atoms with E-state index < -0.39 is 0 Å². The van der Waals surface area contributed by atoms with Crippen molar-refractivity contribution in [2.75, 3.05) is 18.5 Å². The molecule has 92 valence electrons. The van der Waals surface area contributed by atoms with Crippen molar-refractivity contribution in [3.05, 3.63) is 18.2 Å². The molecule has 4 nitrogen and oxygen atoms in total. The average molecular weight is 235 g/mol. The molecular weight excluding hydrogens is 218 g/mol. The number of amides is 1. The van der Waals surface area contributed by atoms with Crippen molar-refractivity contribution in [1.82, 2.24) is 0 Å². The maximum absolute atomic E-state index is 11.6. The minimum atomic E-state index is -0.0361. The van der Waals surface area contributed by atoms with Crippen LogP contribution in [0.15, 0.2) is 18.2 Å². The molecule has 0 spiro atoms. The van der Waals surface area contributed by atoms with Crippen LogP contribution in [0.2, 0.25) is 0 Å². The molecule has 1 aliphatic heterocycles. The summed E-state index contributed by atoms with van der Waals surface area (Å²) in [6.07, 6.45) is 0.877. The van der Waals surface area contributed by atoms with Gasteiger partial charge in [0.2, 0.25) is 5.91 Å². The van der Waals surface area contributed by atoms with Crippen LogP contribution in [0.5, 0.6) is 11.5 Å². The smallest absolute Gasteiger partial charge is 0.226 e. The van der Waals surface area contributed by atoms with Crippen LogP contribution in [0, 0.1) is 5.92 Å².